The minimum absolute atomic E-state index is 0.0831. The molecule has 2 heterocycles. The van der Waals surface area contributed by atoms with E-state index < -0.39 is 0 Å². The number of nitro groups is 1. The van der Waals surface area contributed by atoms with E-state index >= 15 is 0 Å². The molecular weight excluding hydrogens is 336 g/mol. The van der Waals surface area contributed by atoms with Gasteiger partial charge in [0.1, 0.15) is 16.4 Å². The third-order valence-electron chi connectivity index (χ3n) is 4.21. The molecule has 3 aromatic rings. The maximum absolute atomic E-state index is 11.1. The second kappa shape index (κ2) is 6.76. The number of benzene rings is 1. The van der Waals surface area contributed by atoms with Crippen molar-refractivity contribution in [1.82, 2.24) is 14.8 Å². The lowest BCUT2D eigenvalue weighted by atomic mass is 10.0. The lowest BCUT2D eigenvalue weighted by molar-refractivity contribution is -0.386. The molecule has 0 saturated carbocycles. The van der Waals surface area contributed by atoms with Gasteiger partial charge in [0.15, 0.2) is 0 Å². The smallest absolute Gasteiger partial charge is 0.258 e. The lowest BCUT2D eigenvalue weighted by Gasteiger charge is -2.05. The SMILES string of the molecule is Cc1nn(Cc2csc(-c3ccc(C(C)C)cc3)n2)c(C)c1[N+](=O)[O-]. The molecule has 0 radical (unpaired) electrons. The zero-order chi connectivity index (χ0) is 18.1. The zero-order valence-electron chi connectivity index (χ0n) is 14.7. The average molecular weight is 356 g/mol. The summed E-state index contributed by atoms with van der Waals surface area (Å²) in [6.45, 7) is 8.15. The number of thiazole rings is 1. The molecule has 130 valence electrons. The Morgan fingerprint density at radius 1 is 1.24 bits per heavy atom. The van der Waals surface area contributed by atoms with Crippen molar-refractivity contribution < 1.29 is 4.92 Å². The Kier molecular flexibility index (Phi) is 4.67. The molecule has 0 saturated heterocycles. The topological polar surface area (TPSA) is 73.8 Å². The van der Waals surface area contributed by atoms with Crippen molar-refractivity contribution in [2.24, 2.45) is 0 Å². The van der Waals surface area contributed by atoms with E-state index in [2.05, 4.69) is 48.2 Å². The van der Waals surface area contributed by atoms with Gasteiger partial charge in [0.05, 0.1) is 17.2 Å². The summed E-state index contributed by atoms with van der Waals surface area (Å²) in [4.78, 5) is 15.4. The summed E-state index contributed by atoms with van der Waals surface area (Å²) in [5.74, 6) is 0.503. The quantitative estimate of drug-likeness (QED) is 0.490. The molecule has 0 aliphatic heterocycles. The van der Waals surface area contributed by atoms with Gasteiger partial charge in [0, 0.05) is 10.9 Å². The molecule has 0 N–H and O–H groups in total. The van der Waals surface area contributed by atoms with E-state index in [1.165, 1.54) is 5.56 Å². The highest BCUT2D eigenvalue weighted by atomic mass is 32.1. The van der Waals surface area contributed by atoms with Gasteiger partial charge in [-0.2, -0.15) is 5.10 Å². The summed E-state index contributed by atoms with van der Waals surface area (Å²) in [5.41, 5.74) is 4.31. The Balaban J connectivity index is 1.83. The zero-order valence-corrected chi connectivity index (χ0v) is 15.5. The van der Waals surface area contributed by atoms with Crippen LogP contribution in [-0.2, 0) is 6.54 Å². The summed E-state index contributed by atoms with van der Waals surface area (Å²) in [7, 11) is 0. The van der Waals surface area contributed by atoms with Crippen LogP contribution in [0.15, 0.2) is 29.6 Å². The molecule has 0 atom stereocenters. The first-order valence-electron chi connectivity index (χ1n) is 8.10. The van der Waals surface area contributed by atoms with Gasteiger partial charge in [-0.05, 0) is 25.3 Å². The molecule has 0 unspecified atom stereocenters. The first kappa shape index (κ1) is 17.3. The number of hydrogen-bond acceptors (Lipinski definition) is 5. The van der Waals surface area contributed by atoms with E-state index in [9.17, 15) is 10.1 Å². The van der Waals surface area contributed by atoms with Crippen molar-refractivity contribution in [2.45, 2.75) is 40.2 Å². The van der Waals surface area contributed by atoms with Crippen LogP contribution in [-0.4, -0.2) is 19.7 Å². The largest absolute Gasteiger partial charge is 0.312 e. The van der Waals surface area contributed by atoms with Crippen molar-refractivity contribution in [3.05, 3.63) is 62.4 Å². The fourth-order valence-electron chi connectivity index (χ4n) is 2.78. The molecule has 3 rings (SSSR count). The molecule has 0 amide bonds. The molecule has 0 aliphatic rings. The predicted molar refractivity (Wildman–Crippen MR) is 99.1 cm³/mol. The van der Waals surface area contributed by atoms with Crippen molar-refractivity contribution in [1.29, 1.82) is 0 Å². The number of aromatic nitrogens is 3. The normalized spacial score (nSPS) is 11.2. The number of hydrogen-bond donors (Lipinski definition) is 0. The van der Waals surface area contributed by atoms with Gasteiger partial charge in [-0.15, -0.1) is 11.3 Å². The highest BCUT2D eigenvalue weighted by Gasteiger charge is 2.22. The number of aryl methyl sites for hydroxylation is 1. The van der Waals surface area contributed by atoms with Crippen LogP contribution < -0.4 is 0 Å². The van der Waals surface area contributed by atoms with Gasteiger partial charge < -0.3 is 0 Å². The lowest BCUT2D eigenvalue weighted by Crippen LogP contribution is -2.04. The van der Waals surface area contributed by atoms with E-state index in [0.717, 1.165) is 16.3 Å². The molecule has 25 heavy (non-hydrogen) atoms. The van der Waals surface area contributed by atoms with Crippen LogP contribution in [0.3, 0.4) is 0 Å². The fraction of sp³-hybridized carbons (Fsp3) is 0.333. The van der Waals surface area contributed by atoms with Crippen molar-refractivity contribution in [2.75, 3.05) is 0 Å². The third kappa shape index (κ3) is 3.46. The second-order valence-corrected chi connectivity index (χ2v) is 7.21. The van der Waals surface area contributed by atoms with Crippen LogP contribution in [0.4, 0.5) is 5.69 Å². The van der Waals surface area contributed by atoms with Crippen LogP contribution in [0.2, 0.25) is 0 Å². The van der Waals surface area contributed by atoms with Crippen molar-refractivity contribution in [3.63, 3.8) is 0 Å². The van der Waals surface area contributed by atoms with Gasteiger partial charge in [0.25, 0.3) is 0 Å². The molecular formula is C18H20N4O2S. The van der Waals surface area contributed by atoms with Crippen molar-refractivity contribution in [3.8, 4) is 10.6 Å². The van der Waals surface area contributed by atoms with Gasteiger partial charge >= 0.3 is 5.69 Å². The maximum Gasteiger partial charge on any atom is 0.312 e. The fourth-order valence-corrected chi connectivity index (χ4v) is 3.60. The molecule has 0 spiro atoms. The number of nitrogens with zero attached hydrogens (tertiary/aromatic N) is 4. The van der Waals surface area contributed by atoms with E-state index in [0.29, 0.717) is 23.9 Å². The average Bonchev–Trinajstić information content (AvgIpc) is 3.12. The first-order valence-corrected chi connectivity index (χ1v) is 8.98. The third-order valence-corrected chi connectivity index (χ3v) is 5.15. The van der Waals surface area contributed by atoms with Gasteiger partial charge in [-0.1, -0.05) is 38.1 Å². The van der Waals surface area contributed by atoms with Gasteiger partial charge in [-0.25, -0.2) is 4.98 Å². The van der Waals surface area contributed by atoms with Gasteiger partial charge in [0.2, 0.25) is 0 Å². The molecule has 1 aromatic carbocycles. The van der Waals surface area contributed by atoms with Crippen LogP contribution >= 0.6 is 11.3 Å². The Hall–Kier alpha value is -2.54. The molecule has 0 bridgehead atoms. The molecule has 0 aliphatic carbocycles. The highest BCUT2D eigenvalue weighted by Crippen LogP contribution is 2.27. The second-order valence-electron chi connectivity index (χ2n) is 6.35. The Labute approximate surface area is 150 Å². The summed E-state index contributed by atoms with van der Waals surface area (Å²) >= 11 is 1.57. The summed E-state index contributed by atoms with van der Waals surface area (Å²) in [6.07, 6.45) is 0. The molecule has 2 aromatic heterocycles. The Bertz CT molecular complexity index is 910. The van der Waals surface area contributed by atoms with E-state index in [1.54, 1.807) is 29.9 Å². The standard InChI is InChI=1S/C18H20N4O2S/c1-11(2)14-5-7-15(8-6-14)18-19-16(10-25-18)9-21-13(4)17(22(23)24)12(3)20-21/h5-8,10-11H,9H2,1-4H3. The summed E-state index contributed by atoms with van der Waals surface area (Å²) in [5, 5.41) is 18.3. The van der Waals surface area contributed by atoms with Crippen molar-refractivity contribution >= 4 is 17.0 Å². The van der Waals surface area contributed by atoms with E-state index in [1.807, 2.05) is 5.38 Å². The molecule has 0 fully saturated rings. The van der Waals surface area contributed by atoms with Crippen LogP contribution in [0.1, 0.15) is 42.4 Å². The van der Waals surface area contributed by atoms with E-state index in [-0.39, 0.29) is 10.6 Å². The summed E-state index contributed by atoms with van der Waals surface area (Å²) in [6, 6.07) is 8.44. The Morgan fingerprint density at radius 3 is 2.48 bits per heavy atom. The maximum atomic E-state index is 11.1. The highest BCUT2D eigenvalue weighted by molar-refractivity contribution is 7.13. The summed E-state index contributed by atoms with van der Waals surface area (Å²) < 4.78 is 1.65. The first-order chi connectivity index (χ1) is 11.9. The van der Waals surface area contributed by atoms with E-state index in [4.69, 9.17) is 0 Å². The number of rotatable bonds is 5. The molecule has 6 nitrogen and oxygen atoms in total. The van der Waals surface area contributed by atoms with Gasteiger partial charge in [-0.3, -0.25) is 14.8 Å². The minimum atomic E-state index is -0.378. The monoisotopic (exact) mass is 356 g/mol. The van der Waals surface area contributed by atoms with Crippen LogP contribution in [0.5, 0.6) is 0 Å². The van der Waals surface area contributed by atoms with Crippen LogP contribution in [0.25, 0.3) is 10.6 Å². The minimum Gasteiger partial charge on any atom is -0.258 e. The Morgan fingerprint density at radius 2 is 1.92 bits per heavy atom. The predicted octanol–water partition coefficient (Wildman–Crippen LogP) is 4.70. The van der Waals surface area contributed by atoms with Crippen LogP contribution in [0, 0.1) is 24.0 Å². The molecule has 7 heteroatoms.